The van der Waals surface area contributed by atoms with Crippen LogP contribution in [0, 0.1) is 34.3 Å². The van der Waals surface area contributed by atoms with Crippen molar-refractivity contribution in [1.82, 2.24) is 0 Å². The van der Waals surface area contributed by atoms with Crippen LogP contribution in [0.15, 0.2) is 36.4 Å². The molecule has 0 N–H and O–H groups in total. The second-order valence-corrected chi connectivity index (χ2v) is 4.96. The third-order valence-electron chi connectivity index (χ3n) is 3.71. The Morgan fingerprint density at radius 2 is 1.56 bits per heavy atom. The third-order valence-corrected chi connectivity index (χ3v) is 3.71. The summed E-state index contributed by atoms with van der Waals surface area (Å²) in [4.78, 5) is 0. The number of hydrogen-bond acceptors (Lipinski definition) is 0. The predicted octanol–water partition coefficient (Wildman–Crippen LogP) is 4.78. The molecule has 0 amide bonds. The Balaban J connectivity index is 2.48. The average Bonchev–Trinajstić information content (AvgIpc) is 2.35. The third kappa shape index (κ3) is 2.24. The topological polar surface area (TPSA) is 0 Å². The summed E-state index contributed by atoms with van der Waals surface area (Å²) < 4.78 is 0. The van der Waals surface area contributed by atoms with Crippen molar-refractivity contribution in [2.75, 3.05) is 0 Å². The van der Waals surface area contributed by atoms with Crippen molar-refractivity contribution in [2.45, 2.75) is 27.7 Å². The fraction of sp³-hybridized carbons (Fsp3) is 0.222. The molecule has 0 nitrogen and oxygen atoms in total. The second-order valence-electron chi connectivity index (χ2n) is 4.96. The van der Waals surface area contributed by atoms with E-state index in [2.05, 4.69) is 64.1 Å². The van der Waals surface area contributed by atoms with Gasteiger partial charge in [0.15, 0.2) is 0 Å². The lowest BCUT2D eigenvalue weighted by atomic mass is 9.92. The SMILES string of the molecule is [CH]=C(c1ccc(C)c(C)c1)c1cccc(C)c1C. The summed E-state index contributed by atoms with van der Waals surface area (Å²) >= 11 is 0. The predicted molar refractivity (Wildman–Crippen MR) is 78.6 cm³/mol. The van der Waals surface area contributed by atoms with Crippen molar-refractivity contribution < 1.29 is 0 Å². The monoisotopic (exact) mass is 235 g/mol. The molecular formula is C18H19. The highest BCUT2D eigenvalue weighted by molar-refractivity contribution is 5.79. The number of aryl methyl sites for hydroxylation is 3. The summed E-state index contributed by atoms with van der Waals surface area (Å²) in [5.41, 5.74) is 8.21. The van der Waals surface area contributed by atoms with E-state index in [1.807, 2.05) is 0 Å². The molecule has 2 aromatic rings. The van der Waals surface area contributed by atoms with Gasteiger partial charge in [0.25, 0.3) is 0 Å². The van der Waals surface area contributed by atoms with Crippen molar-refractivity contribution in [1.29, 1.82) is 0 Å². The fourth-order valence-electron chi connectivity index (χ4n) is 2.11. The minimum Gasteiger partial charge on any atom is -0.0614 e. The minimum absolute atomic E-state index is 0.860. The van der Waals surface area contributed by atoms with Gasteiger partial charge in [0, 0.05) is 0 Å². The van der Waals surface area contributed by atoms with E-state index in [1.54, 1.807) is 0 Å². The van der Waals surface area contributed by atoms with Crippen LogP contribution in [0.5, 0.6) is 0 Å². The van der Waals surface area contributed by atoms with Crippen molar-refractivity contribution >= 4 is 5.57 Å². The smallest absolute Gasteiger partial charge is 0.0108 e. The maximum absolute atomic E-state index is 6.32. The summed E-state index contributed by atoms with van der Waals surface area (Å²) in [6.07, 6.45) is 0. The van der Waals surface area contributed by atoms with Crippen LogP contribution in [0.2, 0.25) is 0 Å². The van der Waals surface area contributed by atoms with Crippen LogP contribution in [0.25, 0.3) is 5.57 Å². The Morgan fingerprint density at radius 3 is 2.22 bits per heavy atom. The van der Waals surface area contributed by atoms with Crippen molar-refractivity contribution in [2.24, 2.45) is 0 Å². The first-order chi connectivity index (χ1) is 8.50. The zero-order valence-electron chi connectivity index (χ0n) is 11.5. The Hall–Kier alpha value is -1.82. The largest absolute Gasteiger partial charge is 0.0614 e. The lowest BCUT2D eigenvalue weighted by Gasteiger charge is -2.12. The van der Waals surface area contributed by atoms with Gasteiger partial charge in [0.05, 0.1) is 0 Å². The van der Waals surface area contributed by atoms with Crippen LogP contribution in [-0.2, 0) is 0 Å². The number of hydrogen-bond donors (Lipinski definition) is 0. The molecule has 0 spiro atoms. The Morgan fingerprint density at radius 1 is 0.833 bits per heavy atom. The molecule has 0 aromatic heterocycles. The summed E-state index contributed by atoms with van der Waals surface area (Å²) in [7, 11) is 0. The zero-order chi connectivity index (χ0) is 13.3. The highest BCUT2D eigenvalue weighted by Gasteiger charge is 2.07. The molecule has 0 heteroatoms. The first-order valence-electron chi connectivity index (χ1n) is 6.27. The van der Waals surface area contributed by atoms with E-state index in [4.69, 9.17) is 6.58 Å². The van der Waals surface area contributed by atoms with Crippen molar-refractivity contribution in [3.8, 4) is 0 Å². The van der Waals surface area contributed by atoms with E-state index in [0.717, 1.165) is 16.7 Å². The molecule has 0 aliphatic heterocycles. The highest BCUT2D eigenvalue weighted by Crippen LogP contribution is 2.27. The zero-order valence-corrected chi connectivity index (χ0v) is 11.5. The van der Waals surface area contributed by atoms with E-state index >= 15 is 0 Å². The van der Waals surface area contributed by atoms with Gasteiger partial charge in [0.1, 0.15) is 0 Å². The van der Waals surface area contributed by atoms with Gasteiger partial charge in [-0.2, -0.15) is 0 Å². The van der Waals surface area contributed by atoms with Crippen LogP contribution >= 0.6 is 0 Å². The van der Waals surface area contributed by atoms with Gasteiger partial charge in [-0.15, -0.1) is 0 Å². The quantitative estimate of drug-likeness (QED) is 0.702. The Kier molecular flexibility index (Phi) is 3.38. The molecule has 1 radical (unpaired) electrons. The molecule has 2 rings (SSSR count). The molecule has 0 aliphatic rings. The molecule has 2 aromatic carbocycles. The van der Waals surface area contributed by atoms with Gasteiger partial charge in [-0.1, -0.05) is 43.0 Å². The molecule has 0 atom stereocenters. The van der Waals surface area contributed by atoms with Crippen LogP contribution in [-0.4, -0.2) is 0 Å². The molecule has 0 heterocycles. The normalized spacial score (nSPS) is 10.4. The van der Waals surface area contributed by atoms with Crippen molar-refractivity contribution in [3.05, 3.63) is 76.4 Å². The molecule has 0 saturated heterocycles. The van der Waals surface area contributed by atoms with Gasteiger partial charge in [-0.3, -0.25) is 0 Å². The van der Waals surface area contributed by atoms with E-state index in [-0.39, 0.29) is 0 Å². The maximum atomic E-state index is 6.32. The lowest BCUT2D eigenvalue weighted by Crippen LogP contribution is -1.94. The van der Waals surface area contributed by atoms with Gasteiger partial charge in [-0.05, 0) is 66.6 Å². The van der Waals surface area contributed by atoms with E-state index in [0.29, 0.717) is 0 Å². The highest BCUT2D eigenvalue weighted by atomic mass is 14.1. The molecule has 18 heavy (non-hydrogen) atoms. The van der Waals surface area contributed by atoms with Crippen LogP contribution < -0.4 is 0 Å². The average molecular weight is 235 g/mol. The molecule has 0 fully saturated rings. The van der Waals surface area contributed by atoms with Crippen LogP contribution in [0.3, 0.4) is 0 Å². The fourth-order valence-corrected chi connectivity index (χ4v) is 2.11. The van der Waals surface area contributed by atoms with Gasteiger partial charge in [0.2, 0.25) is 0 Å². The molecular weight excluding hydrogens is 216 g/mol. The molecule has 0 bridgehead atoms. The molecule has 0 unspecified atom stereocenters. The molecule has 0 saturated carbocycles. The summed E-state index contributed by atoms with van der Waals surface area (Å²) in [6, 6.07) is 12.7. The van der Waals surface area contributed by atoms with Gasteiger partial charge in [-0.25, -0.2) is 0 Å². The number of benzene rings is 2. The molecule has 0 aliphatic carbocycles. The van der Waals surface area contributed by atoms with Gasteiger partial charge < -0.3 is 0 Å². The lowest BCUT2D eigenvalue weighted by molar-refractivity contribution is 1.30. The summed E-state index contributed by atoms with van der Waals surface area (Å²) in [5, 5.41) is 0. The van der Waals surface area contributed by atoms with Crippen molar-refractivity contribution in [3.63, 3.8) is 0 Å². The van der Waals surface area contributed by atoms with E-state index < -0.39 is 0 Å². The number of rotatable bonds is 2. The maximum Gasteiger partial charge on any atom is -0.0108 e. The van der Waals surface area contributed by atoms with Crippen LogP contribution in [0.4, 0.5) is 0 Å². The Labute approximate surface area is 110 Å². The first kappa shape index (κ1) is 12.6. The van der Waals surface area contributed by atoms with Gasteiger partial charge >= 0.3 is 0 Å². The summed E-state index contributed by atoms with van der Waals surface area (Å²) in [5.74, 6) is 0. The summed E-state index contributed by atoms with van der Waals surface area (Å²) in [6.45, 7) is 14.8. The minimum atomic E-state index is 0.860. The van der Waals surface area contributed by atoms with Crippen LogP contribution in [0.1, 0.15) is 33.4 Å². The standard InChI is InChI=1S/C18H19/c1-12-9-10-17(11-14(12)3)16(5)18-8-6-7-13(2)15(18)4/h5-11H,1-4H3. The Bertz CT molecular complexity index is 603. The first-order valence-corrected chi connectivity index (χ1v) is 6.27. The second kappa shape index (κ2) is 4.81. The molecule has 91 valence electrons. The van der Waals surface area contributed by atoms with E-state index in [9.17, 15) is 0 Å². The van der Waals surface area contributed by atoms with E-state index in [1.165, 1.54) is 22.3 Å².